The van der Waals surface area contributed by atoms with Crippen molar-refractivity contribution >= 4 is 23.2 Å². The van der Waals surface area contributed by atoms with E-state index in [0.29, 0.717) is 17.0 Å². The lowest BCUT2D eigenvalue weighted by Crippen LogP contribution is -2.15. The van der Waals surface area contributed by atoms with Gasteiger partial charge in [-0.1, -0.05) is 12.1 Å². The molecule has 3 rings (SSSR count). The Labute approximate surface area is 125 Å². The average Bonchev–Trinajstić information content (AvgIpc) is 2.54. The predicted molar refractivity (Wildman–Crippen MR) is 82.8 cm³/mol. The summed E-state index contributed by atoms with van der Waals surface area (Å²) < 4.78 is 0. The van der Waals surface area contributed by atoms with Crippen molar-refractivity contribution in [3.8, 4) is 6.07 Å². The van der Waals surface area contributed by atoms with E-state index in [2.05, 4.69) is 20.2 Å². The van der Waals surface area contributed by atoms with Crippen LogP contribution in [0, 0.1) is 18.3 Å². The fourth-order valence-electron chi connectivity index (χ4n) is 2.06. The minimum Gasteiger partial charge on any atom is -0.267 e. The second-order valence-corrected chi connectivity index (χ2v) is 4.67. The number of nitrogens with zero attached hydrogens (tertiary/aromatic N) is 4. The van der Waals surface area contributed by atoms with E-state index in [1.165, 1.54) is 0 Å². The summed E-state index contributed by atoms with van der Waals surface area (Å²) in [5.74, 6) is 0. The molecule has 3 aromatic rings. The van der Waals surface area contributed by atoms with E-state index in [1.807, 2.05) is 30.3 Å². The van der Waals surface area contributed by atoms with Gasteiger partial charge in [0.15, 0.2) is 0 Å². The molecule has 0 unspecified atom stereocenters. The Morgan fingerprint density at radius 1 is 1.23 bits per heavy atom. The molecule has 6 nitrogen and oxygen atoms in total. The van der Waals surface area contributed by atoms with Gasteiger partial charge in [0.05, 0.1) is 28.6 Å². The number of fused-ring (bicyclic) bond motifs is 1. The van der Waals surface area contributed by atoms with Gasteiger partial charge in [-0.3, -0.25) is 9.78 Å². The zero-order valence-electron chi connectivity index (χ0n) is 11.7. The van der Waals surface area contributed by atoms with Crippen LogP contribution in [-0.2, 0) is 0 Å². The quantitative estimate of drug-likeness (QED) is 0.779. The van der Waals surface area contributed by atoms with Crippen LogP contribution in [0.4, 0.5) is 0 Å². The summed E-state index contributed by atoms with van der Waals surface area (Å²) in [4.78, 5) is 20.2. The van der Waals surface area contributed by atoms with E-state index in [4.69, 9.17) is 5.26 Å². The molecular formula is C16H11N5O. The van der Waals surface area contributed by atoms with Crippen LogP contribution >= 0.6 is 0 Å². The number of aromatic nitrogens is 4. The highest BCUT2D eigenvalue weighted by Crippen LogP contribution is 2.12. The molecule has 0 radical (unpaired) electrons. The minimum absolute atomic E-state index is 0.0687. The molecule has 0 saturated heterocycles. The Bertz CT molecular complexity index is 982. The zero-order valence-corrected chi connectivity index (χ0v) is 11.7. The maximum atomic E-state index is 11.5. The molecule has 6 heteroatoms. The largest absolute Gasteiger partial charge is 0.282 e. The molecule has 0 aliphatic heterocycles. The SMILES string of the molecule is Cc1c(/C=C/c2cnc3ccccc3n2)n[nH]c(=O)c1C#N. The maximum absolute atomic E-state index is 11.5. The molecule has 0 fully saturated rings. The van der Waals surface area contributed by atoms with Crippen molar-refractivity contribution in [2.75, 3.05) is 0 Å². The molecule has 2 aromatic heterocycles. The first kappa shape index (κ1) is 13.6. The summed E-state index contributed by atoms with van der Waals surface area (Å²) in [7, 11) is 0. The van der Waals surface area contributed by atoms with Crippen LogP contribution in [-0.4, -0.2) is 20.2 Å². The molecule has 1 aromatic carbocycles. The van der Waals surface area contributed by atoms with Gasteiger partial charge in [0.1, 0.15) is 11.6 Å². The first-order valence-corrected chi connectivity index (χ1v) is 6.58. The standard InChI is InChI=1S/C16H11N5O/c1-10-12(8-17)16(22)21-20-13(10)7-6-11-9-18-14-4-2-3-5-15(14)19-11/h2-7,9H,1H3,(H,21,22)/b7-6+. The van der Waals surface area contributed by atoms with E-state index >= 15 is 0 Å². The van der Waals surface area contributed by atoms with Crippen molar-refractivity contribution in [3.63, 3.8) is 0 Å². The van der Waals surface area contributed by atoms with Gasteiger partial charge < -0.3 is 0 Å². The maximum Gasteiger partial charge on any atom is 0.282 e. The third-order valence-electron chi connectivity index (χ3n) is 3.26. The van der Waals surface area contributed by atoms with Gasteiger partial charge in [-0.2, -0.15) is 10.4 Å². The summed E-state index contributed by atoms with van der Waals surface area (Å²) in [6.07, 6.45) is 5.10. The lowest BCUT2D eigenvalue weighted by Gasteiger charge is -2.00. The molecule has 106 valence electrons. The molecular weight excluding hydrogens is 278 g/mol. The van der Waals surface area contributed by atoms with E-state index in [1.54, 1.807) is 25.3 Å². The Kier molecular flexibility index (Phi) is 3.46. The summed E-state index contributed by atoms with van der Waals surface area (Å²) in [6, 6.07) is 9.46. The van der Waals surface area contributed by atoms with Crippen LogP contribution in [0.2, 0.25) is 0 Å². The minimum atomic E-state index is -0.484. The molecule has 0 spiro atoms. The fourth-order valence-corrected chi connectivity index (χ4v) is 2.06. The Morgan fingerprint density at radius 2 is 2.00 bits per heavy atom. The first-order valence-electron chi connectivity index (χ1n) is 6.58. The van der Waals surface area contributed by atoms with E-state index in [9.17, 15) is 4.79 Å². The number of para-hydroxylation sites is 2. The highest BCUT2D eigenvalue weighted by Gasteiger charge is 2.07. The third kappa shape index (κ3) is 2.47. The van der Waals surface area contributed by atoms with Gasteiger partial charge >= 0.3 is 0 Å². The van der Waals surface area contributed by atoms with Crippen molar-refractivity contribution in [1.82, 2.24) is 20.2 Å². The lowest BCUT2D eigenvalue weighted by atomic mass is 10.1. The molecule has 0 saturated carbocycles. The van der Waals surface area contributed by atoms with Crippen molar-refractivity contribution in [3.05, 3.63) is 63.3 Å². The Balaban J connectivity index is 2.00. The van der Waals surface area contributed by atoms with Crippen molar-refractivity contribution in [2.45, 2.75) is 6.92 Å². The molecule has 0 aliphatic rings. The number of hydrogen-bond donors (Lipinski definition) is 1. The Hall–Kier alpha value is -3.33. The van der Waals surface area contributed by atoms with Gasteiger partial charge in [0, 0.05) is 0 Å². The van der Waals surface area contributed by atoms with Crippen LogP contribution in [0.3, 0.4) is 0 Å². The van der Waals surface area contributed by atoms with Gasteiger partial charge in [0.25, 0.3) is 5.56 Å². The summed E-state index contributed by atoms with van der Waals surface area (Å²) in [5.41, 5.74) is 2.94. The van der Waals surface area contributed by atoms with Crippen molar-refractivity contribution < 1.29 is 0 Å². The lowest BCUT2D eigenvalue weighted by molar-refractivity contribution is 0.952. The highest BCUT2D eigenvalue weighted by atomic mass is 16.1. The molecule has 0 aliphatic carbocycles. The predicted octanol–water partition coefficient (Wildman–Crippen LogP) is 2.06. The van der Waals surface area contributed by atoms with Gasteiger partial charge in [0.2, 0.25) is 0 Å². The zero-order chi connectivity index (χ0) is 15.5. The molecule has 1 N–H and O–H groups in total. The van der Waals surface area contributed by atoms with Gasteiger partial charge in [-0.25, -0.2) is 10.1 Å². The number of hydrogen-bond acceptors (Lipinski definition) is 5. The second kappa shape index (κ2) is 5.58. The monoisotopic (exact) mass is 289 g/mol. The highest BCUT2D eigenvalue weighted by molar-refractivity contribution is 5.76. The molecule has 0 bridgehead atoms. The topological polar surface area (TPSA) is 95.3 Å². The van der Waals surface area contributed by atoms with Gasteiger partial charge in [-0.15, -0.1) is 0 Å². The summed E-state index contributed by atoms with van der Waals surface area (Å²) in [6.45, 7) is 1.69. The van der Waals surface area contributed by atoms with Crippen LogP contribution < -0.4 is 5.56 Å². The number of benzene rings is 1. The number of rotatable bonds is 2. The smallest absolute Gasteiger partial charge is 0.267 e. The van der Waals surface area contributed by atoms with Crippen LogP contribution in [0.25, 0.3) is 23.2 Å². The van der Waals surface area contributed by atoms with E-state index in [0.717, 1.165) is 11.0 Å². The molecule has 0 amide bonds. The number of H-pyrrole nitrogens is 1. The molecule has 22 heavy (non-hydrogen) atoms. The van der Waals surface area contributed by atoms with Crippen molar-refractivity contribution in [2.24, 2.45) is 0 Å². The second-order valence-electron chi connectivity index (χ2n) is 4.67. The van der Waals surface area contributed by atoms with Crippen LogP contribution in [0.5, 0.6) is 0 Å². The Morgan fingerprint density at radius 3 is 2.77 bits per heavy atom. The third-order valence-corrected chi connectivity index (χ3v) is 3.26. The molecule has 0 atom stereocenters. The van der Waals surface area contributed by atoms with Crippen LogP contribution in [0.15, 0.2) is 35.3 Å². The summed E-state index contributed by atoms with van der Waals surface area (Å²) in [5, 5.41) is 15.2. The number of nitriles is 1. The number of nitrogens with one attached hydrogen (secondary N) is 1. The van der Waals surface area contributed by atoms with Gasteiger partial charge in [-0.05, 0) is 36.8 Å². The van der Waals surface area contributed by atoms with E-state index < -0.39 is 5.56 Å². The normalized spacial score (nSPS) is 10.9. The fraction of sp³-hybridized carbons (Fsp3) is 0.0625. The summed E-state index contributed by atoms with van der Waals surface area (Å²) >= 11 is 0. The van der Waals surface area contributed by atoms with Crippen molar-refractivity contribution in [1.29, 1.82) is 5.26 Å². The average molecular weight is 289 g/mol. The van der Waals surface area contributed by atoms with E-state index in [-0.39, 0.29) is 5.56 Å². The molecule has 2 heterocycles. The first-order chi connectivity index (χ1) is 10.7. The van der Waals surface area contributed by atoms with Crippen LogP contribution in [0.1, 0.15) is 22.5 Å². The number of aromatic amines is 1.